The van der Waals surface area contributed by atoms with Crippen LogP contribution in [0.2, 0.25) is 19.6 Å². The second kappa shape index (κ2) is 21.6. The number of hydrogen-bond donors (Lipinski definition) is 0. The number of para-hydroxylation sites is 2. The van der Waals surface area contributed by atoms with Crippen LogP contribution in [0.4, 0.5) is 0 Å². The third-order valence-electron chi connectivity index (χ3n) is 13.7. The summed E-state index contributed by atoms with van der Waals surface area (Å²) < 4.78 is 9.10. The average Bonchev–Trinajstić information content (AvgIpc) is 3.97. The number of furan rings is 1. The Morgan fingerprint density at radius 3 is 1.74 bits per heavy atom. The smallest absolute Gasteiger partial charge is 0.121 e. The summed E-state index contributed by atoms with van der Waals surface area (Å²) in [6.45, 7) is 20.9. The maximum absolute atomic E-state index is 6.73. The van der Waals surface area contributed by atoms with Crippen molar-refractivity contribution in [2.45, 2.75) is 79.4 Å². The maximum atomic E-state index is 6.73. The number of nitrogens with zero attached hydrogens (tertiary/aromatic N) is 3. The van der Waals surface area contributed by atoms with Gasteiger partial charge >= 0.3 is 0 Å². The van der Waals surface area contributed by atoms with E-state index in [1.54, 1.807) is 0 Å². The quantitative estimate of drug-likeness (QED) is 0.0958. The van der Waals surface area contributed by atoms with Crippen molar-refractivity contribution in [3.05, 3.63) is 217 Å². The maximum Gasteiger partial charge on any atom is 0.121 e. The fourth-order valence-electron chi connectivity index (χ4n) is 10.1. The van der Waals surface area contributed by atoms with Gasteiger partial charge in [0.2, 0.25) is 0 Å². The molecule has 6 heteroatoms. The minimum Gasteiger partial charge on any atom is -0.501 e. The molecule has 367 valence electrons. The van der Waals surface area contributed by atoms with Gasteiger partial charge in [-0.05, 0) is 104 Å². The third-order valence-corrected chi connectivity index (χ3v) is 15.7. The Labute approximate surface area is 446 Å². The zero-order valence-electron chi connectivity index (χ0n) is 43.4. The first kappa shape index (κ1) is 51.0. The molecule has 0 amide bonds. The molecule has 3 aromatic heterocycles. The van der Waals surface area contributed by atoms with Crippen molar-refractivity contribution in [2.24, 2.45) is 5.92 Å². The van der Waals surface area contributed by atoms with E-state index in [1.165, 1.54) is 55.4 Å². The van der Waals surface area contributed by atoms with E-state index in [1.807, 2.05) is 24.3 Å². The van der Waals surface area contributed by atoms with Gasteiger partial charge in [0.25, 0.3) is 0 Å². The second-order valence-electron chi connectivity index (χ2n) is 21.1. The van der Waals surface area contributed by atoms with Crippen molar-refractivity contribution in [1.82, 2.24) is 14.5 Å². The Morgan fingerprint density at radius 2 is 1.14 bits per heavy atom. The minimum absolute atomic E-state index is 0. The molecule has 0 atom stereocenters. The van der Waals surface area contributed by atoms with Crippen molar-refractivity contribution < 1.29 is 24.5 Å². The number of hydrogen-bond acceptors (Lipinski definition) is 3. The molecule has 8 aromatic carbocycles. The van der Waals surface area contributed by atoms with Gasteiger partial charge in [-0.25, -0.2) is 0 Å². The SMILES string of the molecule is CC(C)Cc1cc(-c2[c-]ccc(-c3ccccc3)c2)ncc1[Si](C)(C)C.CC(C)c1cc(-c2ccccc2)cc(C(C)C)c1-n1c(-c2[c-]ccc3c2oc2cc(-c4ccccc4)ccc23)nc2ccccc21.[Ir]. The molecule has 4 nitrogen and oxygen atoms in total. The number of rotatable bonds is 11. The fraction of sp³-hybridized carbons (Fsp3) is 0.194. The number of benzene rings is 8. The molecule has 0 saturated carbocycles. The van der Waals surface area contributed by atoms with Gasteiger partial charge in [0.15, 0.2) is 0 Å². The molecule has 73 heavy (non-hydrogen) atoms. The molecule has 0 N–H and O–H groups in total. The number of imidazole rings is 1. The molecule has 1 radical (unpaired) electrons. The molecule has 3 heterocycles. The number of fused-ring (bicyclic) bond motifs is 4. The zero-order valence-corrected chi connectivity index (χ0v) is 46.8. The van der Waals surface area contributed by atoms with Crippen LogP contribution in [0.5, 0.6) is 0 Å². The van der Waals surface area contributed by atoms with Crippen LogP contribution < -0.4 is 5.19 Å². The summed E-state index contributed by atoms with van der Waals surface area (Å²) in [5.41, 5.74) is 19.1. The van der Waals surface area contributed by atoms with E-state index in [4.69, 9.17) is 14.4 Å². The first-order chi connectivity index (χ1) is 34.8. The Kier molecular flexibility index (Phi) is 15.1. The Morgan fingerprint density at radius 1 is 0.562 bits per heavy atom. The van der Waals surface area contributed by atoms with E-state index in [0.717, 1.165) is 67.6 Å². The van der Waals surface area contributed by atoms with Crippen LogP contribution in [-0.4, -0.2) is 22.6 Å². The van der Waals surface area contributed by atoms with Crippen LogP contribution >= 0.6 is 0 Å². The van der Waals surface area contributed by atoms with Gasteiger partial charge in [0.05, 0.1) is 30.5 Å². The van der Waals surface area contributed by atoms with Crippen LogP contribution in [0, 0.1) is 18.1 Å². The normalized spacial score (nSPS) is 11.7. The number of aromatic nitrogens is 3. The Balaban J connectivity index is 0.000000207. The van der Waals surface area contributed by atoms with Crippen molar-refractivity contribution in [3.8, 4) is 61.7 Å². The van der Waals surface area contributed by atoms with E-state index in [-0.39, 0.29) is 31.9 Å². The van der Waals surface area contributed by atoms with Crippen molar-refractivity contribution in [3.63, 3.8) is 0 Å². The topological polar surface area (TPSA) is 43.9 Å². The average molecular weight is 1150 g/mol. The van der Waals surface area contributed by atoms with Gasteiger partial charge in [-0.1, -0.05) is 199 Å². The summed E-state index contributed by atoms with van der Waals surface area (Å²) in [5.74, 6) is 2.05. The van der Waals surface area contributed by atoms with Crippen molar-refractivity contribution >= 4 is 46.2 Å². The van der Waals surface area contributed by atoms with Crippen molar-refractivity contribution in [2.75, 3.05) is 0 Å². The number of pyridine rings is 1. The molecule has 0 bridgehead atoms. The first-order valence-electron chi connectivity index (χ1n) is 25.5. The summed E-state index contributed by atoms with van der Waals surface area (Å²) in [4.78, 5) is 10.1. The summed E-state index contributed by atoms with van der Waals surface area (Å²) >= 11 is 0. The van der Waals surface area contributed by atoms with Gasteiger partial charge in [0, 0.05) is 37.4 Å². The van der Waals surface area contributed by atoms with Gasteiger partial charge in [0.1, 0.15) is 5.58 Å². The molecule has 0 spiro atoms. The third kappa shape index (κ3) is 10.6. The molecule has 0 aliphatic carbocycles. The summed E-state index contributed by atoms with van der Waals surface area (Å²) in [6, 6.07) is 71.0. The standard InChI is InChI=1S/C43H35N2O.C24H28NSi.Ir/c1-27(2)36-24-32(30-16-9-6-10-17-30)25-37(28(3)4)41(36)45-39-21-12-11-20-38(39)44-43(45)35-19-13-18-34-33-23-22-31(26-40(33)46-42(34)35)29-14-7-5-8-15-29;1-18(2)14-22-16-23(25-17-24(22)26(3,4)5)21-13-9-12-20(15-21)19-10-7-6-8-11-19;/h5-18,20-28H,1-4H3;6-12,15-18H,14H2,1-5H3;/q2*-1;. The zero-order chi connectivity index (χ0) is 50.1. The largest absolute Gasteiger partial charge is 0.501 e. The first-order valence-corrected chi connectivity index (χ1v) is 29.0. The molecule has 0 unspecified atom stereocenters. The van der Waals surface area contributed by atoms with Crippen LogP contribution in [-0.2, 0) is 26.5 Å². The molecular formula is C67H63IrN3OSi-2. The van der Waals surface area contributed by atoms with E-state index >= 15 is 0 Å². The molecular weight excluding hydrogens is 1080 g/mol. The van der Waals surface area contributed by atoms with E-state index < -0.39 is 8.07 Å². The predicted molar refractivity (Wildman–Crippen MR) is 307 cm³/mol. The van der Waals surface area contributed by atoms with E-state index in [2.05, 4.69) is 242 Å². The van der Waals surface area contributed by atoms with Gasteiger partial charge in [-0.15, -0.1) is 53.6 Å². The molecule has 0 saturated heterocycles. The summed E-state index contributed by atoms with van der Waals surface area (Å²) in [5, 5.41) is 3.63. The van der Waals surface area contributed by atoms with Crippen molar-refractivity contribution in [1.29, 1.82) is 0 Å². The second-order valence-corrected chi connectivity index (χ2v) is 26.2. The molecule has 11 rings (SSSR count). The molecule has 11 aromatic rings. The summed E-state index contributed by atoms with van der Waals surface area (Å²) in [6.07, 6.45) is 3.23. The van der Waals surface area contributed by atoms with Crippen LogP contribution in [0.3, 0.4) is 0 Å². The predicted octanol–water partition coefficient (Wildman–Crippen LogP) is 17.9. The van der Waals surface area contributed by atoms with Gasteiger partial charge < -0.3 is 14.0 Å². The van der Waals surface area contributed by atoms with Gasteiger partial charge in [-0.3, -0.25) is 4.98 Å². The minimum atomic E-state index is -1.40. The van der Waals surface area contributed by atoms with E-state index in [0.29, 0.717) is 5.92 Å². The van der Waals surface area contributed by atoms with Crippen LogP contribution in [0.1, 0.15) is 70.1 Å². The Bertz CT molecular complexity index is 3650. The molecule has 0 aliphatic rings. The van der Waals surface area contributed by atoms with Gasteiger partial charge in [-0.2, -0.15) is 0 Å². The Hall–Kier alpha value is -6.95. The molecule has 0 fully saturated rings. The molecule has 0 aliphatic heterocycles. The van der Waals surface area contributed by atoms with E-state index in [9.17, 15) is 0 Å². The van der Waals surface area contributed by atoms with Crippen LogP contribution in [0.25, 0.3) is 94.7 Å². The summed E-state index contributed by atoms with van der Waals surface area (Å²) in [7, 11) is -1.40. The van der Waals surface area contributed by atoms with Crippen LogP contribution in [0.15, 0.2) is 193 Å². The fourth-order valence-corrected chi connectivity index (χ4v) is 11.7. The monoisotopic (exact) mass is 1150 g/mol.